The van der Waals surface area contributed by atoms with E-state index in [4.69, 9.17) is 33.0 Å². The predicted octanol–water partition coefficient (Wildman–Crippen LogP) is 2.38. The Morgan fingerprint density at radius 2 is 2.10 bits per heavy atom. The average Bonchev–Trinajstić information content (AvgIpc) is 3.26. The van der Waals surface area contributed by atoms with Gasteiger partial charge in [0, 0.05) is 47.9 Å². The van der Waals surface area contributed by atoms with Crippen LogP contribution < -0.4 is 16.4 Å². The zero-order valence-electron chi connectivity index (χ0n) is 16.7. The number of piperidine rings is 1. The van der Waals surface area contributed by atoms with Gasteiger partial charge in [0.2, 0.25) is 0 Å². The quantitative estimate of drug-likeness (QED) is 0.428. The second-order valence-corrected chi connectivity index (χ2v) is 9.45. The van der Waals surface area contributed by atoms with Crippen molar-refractivity contribution in [3.63, 3.8) is 0 Å². The lowest BCUT2D eigenvalue weighted by Gasteiger charge is -2.25. The lowest BCUT2D eigenvalue weighted by molar-refractivity contribution is 0.549. The second kappa shape index (κ2) is 6.59. The fourth-order valence-corrected chi connectivity index (χ4v) is 6.31. The molecular weight excluding hydrogens is 434 g/mol. The first-order chi connectivity index (χ1) is 15.0. The van der Waals surface area contributed by atoms with E-state index < -0.39 is 0 Å². The maximum atomic E-state index is 6.32. The number of hydrogen-bond acceptors (Lipinski definition) is 9. The summed E-state index contributed by atoms with van der Waals surface area (Å²) in [5.41, 5.74) is 15.7. The highest BCUT2D eigenvalue weighted by Crippen LogP contribution is 2.63. The van der Waals surface area contributed by atoms with Crippen molar-refractivity contribution in [1.82, 2.24) is 30.1 Å². The molecule has 3 atom stereocenters. The molecule has 9 nitrogen and oxygen atoms in total. The number of hydrogen-bond donors (Lipinski definition) is 3. The third-order valence-corrected chi connectivity index (χ3v) is 8.19. The summed E-state index contributed by atoms with van der Waals surface area (Å²) in [5.74, 6) is 2.08. The molecule has 1 aliphatic carbocycles. The number of nitrogen functional groups attached to an aromatic ring is 1. The highest BCUT2D eigenvalue weighted by molar-refractivity contribution is 7.09. The van der Waals surface area contributed by atoms with E-state index in [1.165, 1.54) is 5.01 Å². The normalized spacial score (nSPS) is 24.7. The molecule has 1 saturated carbocycles. The number of rotatable bonds is 4. The van der Waals surface area contributed by atoms with Crippen LogP contribution in [0.1, 0.15) is 10.7 Å². The summed E-state index contributed by atoms with van der Waals surface area (Å²) < 4.78 is 0. The van der Waals surface area contributed by atoms with Crippen molar-refractivity contribution in [1.29, 1.82) is 0 Å². The van der Waals surface area contributed by atoms with Gasteiger partial charge in [0.25, 0.3) is 0 Å². The molecule has 1 saturated heterocycles. The standard InChI is InChI=1S/C20H20ClN9S/c1-9-7-31-19(26-9)20(8-22)11-5-30(6-12(11)20)13-4-25-16-15(28-29-18(16)27-13)10-2-3-24-17(23)14(10)21/h2-4,7,11-12H,5-6,8,22H2,1H3,(H2,23,24)(H,27,28,29)/t11-,12+,20-. The molecule has 0 aromatic carbocycles. The lowest BCUT2D eigenvalue weighted by Crippen LogP contribution is -2.35. The van der Waals surface area contributed by atoms with Crippen LogP contribution in [0.4, 0.5) is 11.6 Å². The van der Waals surface area contributed by atoms with Gasteiger partial charge in [0.05, 0.1) is 11.2 Å². The van der Waals surface area contributed by atoms with Crippen molar-refractivity contribution in [3.05, 3.63) is 39.6 Å². The summed E-state index contributed by atoms with van der Waals surface area (Å²) >= 11 is 8.05. The lowest BCUT2D eigenvalue weighted by atomic mass is 10.0. The molecule has 11 heteroatoms. The van der Waals surface area contributed by atoms with Crippen LogP contribution in [0.3, 0.4) is 0 Å². The van der Waals surface area contributed by atoms with Crippen LogP contribution >= 0.6 is 22.9 Å². The Hall–Kier alpha value is -2.82. The molecule has 0 unspecified atom stereocenters. The van der Waals surface area contributed by atoms with Crippen molar-refractivity contribution < 1.29 is 0 Å². The van der Waals surface area contributed by atoms with Gasteiger partial charge in [-0.1, -0.05) is 11.6 Å². The number of nitrogens with zero attached hydrogens (tertiary/aromatic N) is 6. The van der Waals surface area contributed by atoms with Crippen LogP contribution in [-0.4, -0.2) is 49.8 Å². The third kappa shape index (κ3) is 2.61. The maximum Gasteiger partial charge on any atom is 0.177 e. The molecule has 0 radical (unpaired) electrons. The molecule has 0 bridgehead atoms. The maximum absolute atomic E-state index is 6.32. The highest BCUT2D eigenvalue weighted by atomic mass is 35.5. The fraction of sp³-hybridized carbons (Fsp3) is 0.350. The van der Waals surface area contributed by atoms with Gasteiger partial charge in [-0.25, -0.2) is 19.9 Å². The molecule has 31 heavy (non-hydrogen) atoms. The molecule has 5 heterocycles. The van der Waals surface area contributed by atoms with E-state index in [0.717, 1.165) is 24.6 Å². The summed E-state index contributed by atoms with van der Waals surface area (Å²) in [6, 6.07) is 1.77. The van der Waals surface area contributed by atoms with Crippen molar-refractivity contribution in [2.45, 2.75) is 12.3 Å². The molecule has 4 aromatic heterocycles. The zero-order valence-corrected chi connectivity index (χ0v) is 18.3. The van der Waals surface area contributed by atoms with Gasteiger partial charge >= 0.3 is 0 Å². The number of aryl methyl sites for hydroxylation is 1. The van der Waals surface area contributed by atoms with E-state index in [1.807, 2.05) is 6.92 Å². The Kier molecular flexibility index (Phi) is 4.02. The highest BCUT2D eigenvalue weighted by Gasteiger charge is 2.69. The summed E-state index contributed by atoms with van der Waals surface area (Å²) in [6.07, 6.45) is 3.39. The smallest absolute Gasteiger partial charge is 0.177 e. The van der Waals surface area contributed by atoms with E-state index >= 15 is 0 Å². The van der Waals surface area contributed by atoms with E-state index in [1.54, 1.807) is 29.8 Å². The van der Waals surface area contributed by atoms with Gasteiger partial charge in [-0.2, -0.15) is 5.10 Å². The first-order valence-corrected chi connectivity index (χ1v) is 11.3. The molecule has 1 aliphatic heterocycles. The number of anilines is 2. The molecule has 2 fully saturated rings. The van der Waals surface area contributed by atoms with E-state index in [-0.39, 0.29) is 11.2 Å². The zero-order chi connectivity index (χ0) is 21.3. The number of pyridine rings is 1. The second-order valence-electron chi connectivity index (χ2n) is 8.21. The van der Waals surface area contributed by atoms with Crippen molar-refractivity contribution in [2.24, 2.45) is 17.6 Å². The number of fused-ring (bicyclic) bond motifs is 2. The van der Waals surface area contributed by atoms with Crippen LogP contribution in [0.5, 0.6) is 0 Å². The number of nitrogens with two attached hydrogens (primary N) is 2. The molecule has 2 aliphatic rings. The Balaban J connectivity index is 1.28. The molecular formula is C20H20ClN9S. The van der Waals surface area contributed by atoms with Gasteiger partial charge in [0.1, 0.15) is 27.9 Å². The first kappa shape index (κ1) is 18.9. The van der Waals surface area contributed by atoms with E-state index in [2.05, 4.69) is 30.4 Å². The molecule has 0 spiro atoms. The minimum Gasteiger partial charge on any atom is -0.382 e. The van der Waals surface area contributed by atoms with Crippen LogP contribution in [0, 0.1) is 18.8 Å². The van der Waals surface area contributed by atoms with Crippen LogP contribution in [0.15, 0.2) is 23.8 Å². The topological polar surface area (TPSA) is 136 Å². The van der Waals surface area contributed by atoms with E-state index in [9.17, 15) is 0 Å². The number of nitrogens with one attached hydrogen (secondary N) is 1. The summed E-state index contributed by atoms with van der Waals surface area (Å²) in [6.45, 7) is 4.46. The Morgan fingerprint density at radius 1 is 1.29 bits per heavy atom. The van der Waals surface area contributed by atoms with Crippen LogP contribution in [0.25, 0.3) is 22.4 Å². The van der Waals surface area contributed by atoms with Gasteiger partial charge in [-0.15, -0.1) is 11.3 Å². The van der Waals surface area contributed by atoms with Gasteiger partial charge in [-0.05, 0) is 24.8 Å². The predicted molar refractivity (Wildman–Crippen MR) is 121 cm³/mol. The van der Waals surface area contributed by atoms with Gasteiger partial charge in [0.15, 0.2) is 5.65 Å². The SMILES string of the molecule is Cc1csc([C@]2(CN)[C@@H]3CN(c4cnc5c(-c6ccnc(N)c6Cl)n[nH]c5n4)C[C@@H]32)n1. The molecule has 158 valence electrons. The Morgan fingerprint density at radius 3 is 2.81 bits per heavy atom. The minimum atomic E-state index is 0.0200. The van der Waals surface area contributed by atoms with Gasteiger partial charge < -0.3 is 16.4 Å². The number of H-pyrrole nitrogens is 1. The van der Waals surface area contributed by atoms with Crippen molar-refractivity contribution in [3.8, 4) is 11.3 Å². The molecule has 6 rings (SSSR count). The Bertz CT molecular complexity index is 1300. The molecule has 0 amide bonds. The molecule has 5 N–H and O–H groups in total. The number of aromatic amines is 1. The monoisotopic (exact) mass is 453 g/mol. The van der Waals surface area contributed by atoms with Crippen molar-refractivity contribution in [2.75, 3.05) is 30.3 Å². The number of halogens is 1. The summed E-state index contributed by atoms with van der Waals surface area (Å²) in [7, 11) is 0. The summed E-state index contributed by atoms with van der Waals surface area (Å²) in [4.78, 5) is 20.4. The average molecular weight is 454 g/mol. The number of thiazole rings is 1. The first-order valence-electron chi connectivity index (χ1n) is 10.0. The Labute approximate surface area is 186 Å². The molecule has 4 aromatic rings. The third-order valence-electron chi connectivity index (χ3n) is 6.64. The van der Waals surface area contributed by atoms with E-state index in [0.29, 0.717) is 45.8 Å². The van der Waals surface area contributed by atoms with Gasteiger partial charge in [-0.3, -0.25) is 5.10 Å². The van der Waals surface area contributed by atoms with Crippen LogP contribution in [0.2, 0.25) is 5.02 Å². The number of aromatic nitrogens is 6. The fourth-order valence-electron chi connectivity index (χ4n) is 4.97. The largest absolute Gasteiger partial charge is 0.382 e. The summed E-state index contributed by atoms with van der Waals surface area (Å²) in [5, 5.41) is 11.0. The minimum absolute atomic E-state index is 0.0200. The van der Waals surface area contributed by atoms with Crippen molar-refractivity contribution >= 4 is 45.7 Å². The van der Waals surface area contributed by atoms with Crippen LogP contribution in [-0.2, 0) is 5.41 Å².